The average molecular weight is 1250 g/mol. The van der Waals surface area contributed by atoms with E-state index in [0.29, 0.717) is 42.0 Å². The summed E-state index contributed by atoms with van der Waals surface area (Å²) in [6.45, 7) is 0.266. The Kier molecular flexibility index (Phi) is 69.1. The van der Waals surface area contributed by atoms with Crippen LogP contribution < -0.4 is 0 Å². The molecule has 21 heteroatoms. The number of aromatic nitrogens is 9. The van der Waals surface area contributed by atoms with Crippen LogP contribution >= 0.6 is 0 Å². The molecule has 0 bridgehead atoms. The van der Waals surface area contributed by atoms with Gasteiger partial charge in [-0.3, -0.25) is 0 Å². The zero-order chi connectivity index (χ0) is 18.9. The molecule has 0 fully saturated rings. The van der Waals surface area contributed by atoms with Crippen molar-refractivity contribution >= 4 is 0 Å². The second-order valence-corrected chi connectivity index (χ2v) is 5.49. The Morgan fingerprint density at radius 1 is 0.595 bits per heavy atom. The fourth-order valence-electron chi connectivity index (χ4n) is 2.17. The van der Waals surface area contributed by atoms with Crippen LogP contribution in [-0.4, -0.2) is 69.8 Å². The van der Waals surface area contributed by atoms with Gasteiger partial charge in [0.15, 0.2) is 0 Å². The van der Waals surface area contributed by atoms with E-state index in [9.17, 15) is 5.11 Å². The molecule has 1 atom stereocenters. The smallest absolute Gasteiger partial charge is 0.0768 e. The summed E-state index contributed by atoms with van der Waals surface area (Å²) in [5, 5.41) is 9.71. The Morgan fingerprint density at radius 2 is 0.973 bits per heavy atom. The summed E-state index contributed by atoms with van der Waals surface area (Å²) in [6.07, 6.45) is 10.9. The molecule has 0 aliphatic heterocycles. The molecule has 0 saturated carbocycles. The number of rotatable bonds is 9. The van der Waals surface area contributed by atoms with Gasteiger partial charge in [0.1, 0.15) is 0 Å². The zero-order valence-electron chi connectivity index (χ0n) is 20.3. The van der Waals surface area contributed by atoms with E-state index in [0.717, 1.165) is 0 Å². The first-order chi connectivity index (χ1) is 13.2. The maximum atomic E-state index is 9.71. The molecule has 11 nitrogen and oxygen atoms in total. The Morgan fingerprint density at radius 3 is 1.43 bits per heavy atom. The van der Waals surface area contributed by atoms with E-state index in [1.807, 2.05) is 0 Å². The molecule has 0 saturated heterocycles. The molecule has 0 amide bonds. The van der Waals surface area contributed by atoms with Gasteiger partial charge in [0.2, 0.25) is 0 Å². The maximum Gasteiger partial charge on any atom is 0.0768 e. The second-order valence-electron chi connectivity index (χ2n) is 5.49. The van der Waals surface area contributed by atoms with E-state index in [2.05, 4.69) is 70.2 Å². The molecule has 3 heterocycles. The number of aliphatic hydroxyl groups excluding tert-OH is 1. The van der Waals surface area contributed by atoms with Crippen molar-refractivity contribution in [2.75, 3.05) is 13.7 Å². The summed E-state index contributed by atoms with van der Waals surface area (Å²) in [5.41, 5.74) is 0. The van der Waals surface area contributed by atoms with Gasteiger partial charge in [-0.05, 0) is 19.3 Å². The number of aliphatic hydroxyl groups is 1. The minimum absolute atomic E-state index is 0. The summed E-state index contributed by atoms with van der Waals surface area (Å²) in [5.74, 6) is 2.35. The van der Waals surface area contributed by atoms with E-state index in [1.165, 1.54) is 7.11 Å². The van der Waals surface area contributed by atoms with Gasteiger partial charge in [0.25, 0.3) is 0 Å². The average Bonchev–Trinajstić information content (AvgIpc) is 2.68. The standard InChI is InChI=1S/C16H15N9O2.10Y/c1-27-6-11(26)2-3-12-20-9-21-15(24-12)5-16-23-10-22-14(25-16)4-13-18-7-17-8-19-13;;;;;;;;;;/h11,26H,2-6H2,1H3;;;;;;;;;;/q-4;;;;;;;;;;. The van der Waals surface area contributed by atoms with Crippen LogP contribution in [0.25, 0.3) is 0 Å². The number of ether oxygens (including phenoxy) is 1. The number of hydrogen-bond donors (Lipinski definition) is 1. The van der Waals surface area contributed by atoms with Crippen molar-refractivity contribution in [3.05, 3.63) is 54.4 Å². The number of methoxy groups -OCH3 is 1. The Bertz CT molecular complexity index is 881. The quantitative estimate of drug-likeness (QED) is 0.251. The molecule has 0 aromatic carbocycles. The van der Waals surface area contributed by atoms with Gasteiger partial charge in [-0.1, -0.05) is 6.42 Å². The fraction of sp³-hybridized carbons (Fsp3) is 0.438. The number of hydrogen-bond acceptors (Lipinski definition) is 11. The Balaban J connectivity index is -0.000000140. The number of aryl methyl sites for hydroxylation is 1. The van der Waals surface area contributed by atoms with Crippen molar-refractivity contribution in [2.45, 2.75) is 31.8 Å². The third-order valence-corrected chi connectivity index (χ3v) is 3.38. The van der Waals surface area contributed by atoms with Crippen molar-refractivity contribution in [3.8, 4) is 0 Å². The first-order valence-electron chi connectivity index (χ1n) is 8.06. The molecule has 0 aliphatic rings. The molecular weight excluding hydrogens is 1240 g/mol. The topological polar surface area (TPSA) is 145 Å². The first-order valence-corrected chi connectivity index (χ1v) is 8.06. The van der Waals surface area contributed by atoms with Gasteiger partial charge < -0.3 is 54.7 Å². The Hall–Kier alpha value is 7.99. The predicted molar refractivity (Wildman–Crippen MR) is 86.6 cm³/mol. The fourth-order valence-corrected chi connectivity index (χ4v) is 2.17. The van der Waals surface area contributed by atoms with Gasteiger partial charge in [0.05, 0.1) is 12.7 Å². The van der Waals surface area contributed by atoms with Crippen molar-refractivity contribution in [1.82, 2.24) is 44.9 Å². The van der Waals surface area contributed by atoms with Gasteiger partial charge >= 0.3 is 0 Å². The molecule has 1 N–H and O–H groups in total. The Labute approximate surface area is 469 Å². The van der Waals surface area contributed by atoms with Gasteiger partial charge in [0, 0.05) is 370 Å². The zero-order valence-corrected chi connectivity index (χ0v) is 48.6. The molecule has 1 unspecified atom stereocenters. The van der Waals surface area contributed by atoms with Crippen LogP contribution in [0, 0.1) is 25.3 Å². The van der Waals surface area contributed by atoms with E-state index in [-0.39, 0.29) is 347 Å². The van der Waals surface area contributed by atoms with E-state index in [1.54, 1.807) is 0 Å². The van der Waals surface area contributed by atoms with Crippen molar-refractivity contribution in [3.63, 3.8) is 0 Å². The minimum Gasteiger partial charge on any atom is -0.505 e. The SMILES string of the molecule is COCC(O)CCc1n[c-]nc(Cc2n[c-]nc(Cc3n[c-]n[c-]n3)n2)n1.[Y].[Y].[Y].[Y].[Y].[Y].[Y].[Y].[Y].[Y]. The summed E-state index contributed by atoms with van der Waals surface area (Å²) in [7, 11) is 1.54. The van der Waals surface area contributed by atoms with Crippen LogP contribution in [0.3, 0.4) is 0 Å². The maximum absolute atomic E-state index is 9.71. The molecule has 3 aromatic heterocycles. The predicted octanol–water partition coefficient (Wildman–Crippen LogP) is -1.46. The van der Waals surface area contributed by atoms with Crippen LogP contribution in [0.5, 0.6) is 0 Å². The molecule has 10 radical (unpaired) electrons. The van der Waals surface area contributed by atoms with Crippen molar-refractivity contribution in [2.24, 2.45) is 0 Å². The normalized spacial score (nSPS) is 8.81. The van der Waals surface area contributed by atoms with Gasteiger partial charge in [-0.15, -0.1) is 5.82 Å². The largest absolute Gasteiger partial charge is 0.505 e. The minimum atomic E-state index is -0.569. The molecule has 170 valence electrons. The summed E-state index contributed by atoms with van der Waals surface area (Å²) in [6, 6.07) is 0. The van der Waals surface area contributed by atoms with Crippen LogP contribution in [0.1, 0.15) is 35.5 Å². The first kappa shape index (κ1) is 63.6. The van der Waals surface area contributed by atoms with E-state index >= 15 is 0 Å². The summed E-state index contributed by atoms with van der Waals surface area (Å²) >= 11 is 0. The van der Waals surface area contributed by atoms with Gasteiger partial charge in [-0.2, -0.15) is 12.7 Å². The third-order valence-electron chi connectivity index (χ3n) is 3.38. The third kappa shape index (κ3) is 28.7. The van der Waals surface area contributed by atoms with Crippen LogP contribution in [0.15, 0.2) is 0 Å². The monoisotopic (exact) mass is 1250 g/mol. The second kappa shape index (κ2) is 40.2. The molecule has 0 aliphatic carbocycles. The van der Waals surface area contributed by atoms with E-state index < -0.39 is 6.10 Å². The number of nitrogens with zero attached hydrogens (tertiary/aromatic N) is 9. The van der Waals surface area contributed by atoms with Crippen LogP contribution in [-0.2, 0) is 351 Å². The van der Waals surface area contributed by atoms with Crippen LogP contribution in [0.2, 0.25) is 0 Å². The molecule has 37 heavy (non-hydrogen) atoms. The van der Waals surface area contributed by atoms with E-state index in [4.69, 9.17) is 4.74 Å². The summed E-state index contributed by atoms with van der Waals surface area (Å²) in [4.78, 5) is 36.0. The van der Waals surface area contributed by atoms with Crippen LogP contribution in [0.4, 0.5) is 0 Å². The molecule has 3 aromatic rings. The summed E-state index contributed by atoms with van der Waals surface area (Å²) < 4.78 is 4.90. The molecular formula is C16H15N9O2Y10-4. The molecule has 0 spiro atoms. The van der Waals surface area contributed by atoms with Crippen molar-refractivity contribution < 1.29 is 337 Å². The van der Waals surface area contributed by atoms with Gasteiger partial charge in [-0.25, -0.2) is 0 Å². The van der Waals surface area contributed by atoms with Crippen molar-refractivity contribution in [1.29, 1.82) is 0 Å². The molecule has 3 rings (SSSR count).